The first-order valence-corrected chi connectivity index (χ1v) is 6.91. The smallest absolute Gasteiger partial charge is 0.223 e. The topological polar surface area (TPSA) is 64.3 Å². The van der Waals surface area contributed by atoms with Crippen molar-refractivity contribution in [1.29, 1.82) is 0 Å². The lowest BCUT2D eigenvalue weighted by Gasteiger charge is -2.59. The number of hydrogen-bond donors (Lipinski definition) is 2. The van der Waals surface area contributed by atoms with Gasteiger partial charge in [-0.05, 0) is 32.6 Å². The van der Waals surface area contributed by atoms with Crippen molar-refractivity contribution in [3.8, 4) is 0 Å². The van der Waals surface area contributed by atoms with Crippen LogP contribution in [0.4, 0.5) is 0 Å². The minimum absolute atomic E-state index is 0.0157. The first-order chi connectivity index (χ1) is 8.30. The zero-order valence-corrected chi connectivity index (χ0v) is 12.0. The standard InChI is InChI=1S/C14H26N2O2/c1-13(2)11(8-14(13,3)18-4)16-12(17)9-5-6-10(15)7-9/h9-11H,5-8,15H2,1-4H3,(H,16,17). The summed E-state index contributed by atoms with van der Waals surface area (Å²) in [7, 11) is 1.75. The van der Waals surface area contributed by atoms with Gasteiger partial charge in [0.25, 0.3) is 0 Å². The van der Waals surface area contributed by atoms with Gasteiger partial charge in [0.1, 0.15) is 0 Å². The summed E-state index contributed by atoms with van der Waals surface area (Å²) < 4.78 is 5.57. The van der Waals surface area contributed by atoms with Crippen molar-refractivity contribution >= 4 is 5.91 Å². The molecule has 0 bridgehead atoms. The molecule has 0 aromatic heterocycles. The van der Waals surface area contributed by atoms with Gasteiger partial charge in [-0.15, -0.1) is 0 Å². The van der Waals surface area contributed by atoms with E-state index in [4.69, 9.17) is 10.5 Å². The minimum Gasteiger partial charge on any atom is -0.378 e. The second-order valence-corrected chi connectivity index (χ2v) is 6.69. The van der Waals surface area contributed by atoms with Crippen LogP contribution in [0.15, 0.2) is 0 Å². The molecule has 4 unspecified atom stereocenters. The van der Waals surface area contributed by atoms with Crippen molar-refractivity contribution in [1.82, 2.24) is 5.32 Å². The molecule has 0 radical (unpaired) electrons. The second-order valence-electron chi connectivity index (χ2n) is 6.69. The van der Waals surface area contributed by atoms with E-state index in [1.165, 1.54) is 0 Å². The van der Waals surface area contributed by atoms with E-state index in [0.717, 1.165) is 25.7 Å². The van der Waals surface area contributed by atoms with Crippen molar-refractivity contribution in [2.75, 3.05) is 7.11 Å². The van der Waals surface area contributed by atoms with Crippen LogP contribution in [-0.2, 0) is 9.53 Å². The van der Waals surface area contributed by atoms with E-state index in [1.54, 1.807) is 7.11 Å². The first-order valence-electron chi connectivity index (χ1n) is 6.91. The minimum atomic E-state index is -0.128. The molecule has 2 aliphatic carbocycles. The molecule has 18 heavy (non-hydrogen) atoms. The van der Waals surface area contributed by atoms with E-state index in [0.29, 0.717) is 0 Å². The fraction of sp³-hybridized carbons (Fsp3) is 0.929. The number of methoxy groups -OCH3 is 1. The third-order valence-electron chi connectivity index (χ3n) is 5.44. The molecule has 0 aliphatic heterocycles. The first kappa shape index (κ1) is 13.8. The summed E-state index contributed by atoms with van der Waals surface area (Å²) in [6, 6.07) is 0.422. The Morgan fingerprint density at radius 2 is 2.00 bits per heavy atom. The molecule has 4 nitrogen and oxygen atoms in total. The highest BCUT2D eigenvalue weighted by Crippen LogP contribution is 2.51. The summed E-state index contributed by atoms with van der Waals surface area (Å²) in [6.45, 7) is 6.43. The van der Waals surface area contributed by atoms with Gasteiger partial charge in [-0.25, -0.2) is 0 Å². The monoisotopic (exact) mass is 254 g/mol. The molecule has 0 saturated heterocycles. The molecule has 3 N–H and O–H groups in total. The third kappa shape index (κ3) is 2.05. The molecule has 4 heteroatoms. The SMILES string of the molecule is COC1(C)CC(NC(=O)C2CCC(N)C2)C1(C)C. The quantitative estimate of drug-likeness (QED) is 0.801. The van der Waals surface area contributed by atoms with Crippen LogP contribution in [0.5, 0.6) is 0 Å². The molecule has 2 rings (SSSR count). The maximum absolute atomic E-state index is 12.2. The largest absolute Gasteiger partial charge is 0.378 e. The third-order valence-corrected chi connectivity index (χ3v) is 5.44. The Morgan fingerprint density at radius 3 is 2.44 bits per heavy atom. The summed E-state index contributed by atoms with van der Waals surface area (Å²) in [4.78, 5) is 12.2. The van der Waals surface area contributed by atoms with Crippen LogP contribution >= 0.6 is 0 Å². The Labute approximate surface area is 110 Å². The number of carbonyl (C=O) groups is 1. The number of ether oxygens (including phenoxy) is 1. The van der Waals surface area contributed by atoms with Crippen molar-refractivity contribution in [2.24, 2.45) is 17.1 Å². The number of nitrogens with one attached hydrogen (secondary N) is 1. The summed E-state index contributed by atoms with van der Waals surface area (Å²) in [5.74, 6) is 0.296. The van der Waals surface area contributed by atoms with Crippen LogP contribution in [0.25, 0.3) is 0 Å². The van der Waals surface area contributed by atoms with Crippen molar-refractivity contribution in [3.63, 3.8) is 0 Å². The normalized spacial score (nSPS) is 42.4. The lowest BCUT2D eigenvalue weighted by Crippen LogP contribution is -2.69. The van der Waals surface area contributed by atoms with Crippen LogP contribution < -0.4 is 11.1 Å². The lowest BCUT2D eigenvalue weighted by molar-refractivity contribution is -0.183. The molecule has 0 aromatic rings. The van der Waals surface area contributed by atoms with E-state index < -0.39 is 0 Å². The van der Waals surface area contributed by atoms with E-state index in [1.807, 2.05) is 0 Å². The average Bonchev–Trinajstić information content (AvgIpc) is 2.74. The fourth-order valence-corrected chi connectivity index (χ4v) is 3.27. The van der Waals surface area contributed by atoms with Crippen LogP contribution in [0.3, 0.4) is 0 Å². The van der Waals surface area contributed by atoms with Gasteiger partial charge in [0, 0.05) is 30.5 Å². The fourth-order valence-electron chi connectivity index (χ4n) is 3.27. The van der Waals surface area contributed by atoms with Gasteiger partial charge in [0.2, 0.25) is 5.91 Å². The van der Waals surface area contributed by atoms with Crippen molar-refractivity contribution in [3.05, 3.63) is 0 Å². The highest BCUT2D eigenvalue weighted by Gasteiger charge is 2.58. The molecule has 2 fully saturated rings. The van der Waals surface area contributed by atoms with Crippen LogP contribution in [0.1, 0.15) is 46.5 Å². The van der Waals surface area contributed by atoms with E-state index in [-0.39, 0.29) is 34.9 Å². The van der Waals surface area contributed by atoms with Crippen LogP contribution in [0.2, 0.25) is 0 Å². The van der Waals surface area contributed by atoms with Crippen LogP contribution in [-0.4, -0.2) is 30.7 Å². The number of nitrogens with two attached hydrogens (primary N) is 1. The Hall–Kier alpha value is -0.610. The second kappa shape index (κ2) is 4.49. The molecule has 4 atom stereocenters. The molecular weight excluding hydrogens is 228 g/mol. The van der Waals surface area contributed by atoms with Gasteiger partial charge < -0.3 is 15.8 Å². The van der Waals surface area contributed by atoms with Gasteiger partial charge in [-0.1, -0.05) is 13.8 Å². The maximum Gasteiger partial charge on any atom is 0.223 e. The molecule has 0 heterocycles. The zero-order valence-electron chi connectivity index (χ0n) is 12.0. The molecule has 1 amide bonds. The number of carbonyl (C=O) groups excluding carboxylic acids is 1. The zero-order chi connectivity index (χ0) is 13.6. The van der Waals surface area contributed by atoms with Crippen LogP contribution in [0, 0.1) is 11.3 Å². The average molecular weight is 254 g/mol. The Kier molecular flexibility index (Phi) is 3.45. The van der Waals surface area contributed by atoms with Gasteiger partial charge in [-0.2, -0.15) is 0 Å². The molecule has 104 valence electrons. The summed E-state index contributed by atoms with van der Waals surface area (Å²) >= 11 is 0. The Morgan fingerprint density at radius 1 is 1.33 bits per heavy atom. The maximum atomic E-state index is 12.2. The summed E-state index contributed by atoms with van der Waals surface area (Å²) in [5, 5.41) is 3.18. The molecule has 2 saturated carbocycles. The predicted octanol–water partition coefficient (Wildman–Crippen LogP) is 1.43. The molecule has 2 aliphatic rings. The van der Waals surface area contributed by atoms with Gasteiger partial charge in [0.05, 0.1) is 5.60 Å². The predicted molar refractivity (Wildman–Crippen MR) is 71.1 cm³/mol. The number of rotatable bonds is 3. The van der Waals surface area contributed by atoms with E-state index in [9.17, 15) is 4.79 Å². The van der Waals surface area contributed by atoms with Crippen molar-refractivity contribution < 1.29 is 9.53 Å². The number of amides is 1. The summed E-state index contributed by atoms with van der Waals surface area (Å²) in [6.07, 6.45) is 3.63. The lowest BCUT2D eigenvalue weighted by atomic mass is 9.55. The molecule has 0 aromatic carbocycles. The molecular formula is C14H26N2O2. The van der Waals surface area contributed by atoms with Crippen molar-refractivity contribution in [2.45, 2.75) is 64.1 Å². The van der Waals surface area contributed by atoms with E-state index >= 15 is 0 Å². The molecule has 0 spiro atoms. The number of hydrogen-bond acceptors (Lipinski definition) is 3. The highest BCUT2D eigenvalue weighted by molar-refractivity contribution is 5.79. The Balaban J connectivity index is 1.90. The van der Waals surface area contributed by atoms with Gasteiger partial charge >= 0.3 is 0 Å². The van der Waals surface area contributed by atoms with Gasteiger partial charge in [-0.3, -0.25) is 4.79 Å². The van der Waals surface area contributed by atoms with Gasteiger partial charge in [0.15, 0.2) is 0 Å². The summed E-state index contributed by atoms with van der Waals surface area (Å²) in [5.41, 5.74) is 5.71. The Bertz CT molecular complexity index is 343. The highest BCUT2D eigenvalue weighted by atomic mass is 16.5. The van der Waals surface area contributed by atoms with E-state index in [2.05, 4.69) is 26.1 Å².